The molecule has 0 atom stereocenters. The maximum absolute atomic E-state index is 11.4. The van der Waals surface area contributed by atoms with E-state index in [2.05, 4.69) is 5.32 Å². The molecular formula is C14H15Cl2NO3. The van der Waals surface area contributed by atoms with Crippen LogP contribution in [-0.4, -0.2) is 25.0 Å². The van der Waals surface area contributed by atoms with E-state index in [-0.39, 0.29) is 12.5 Å². The fraction of sp³-hybridized carbons (Fsp3) is 0.286. The summed E-state index contributed by atoms with van der Waals surface area (Å²) in [6.07, 6.45) is 3.60. The van der Waals surface area contributed by atoms with Crippen LogP contribution in [0.5, 0.6) is 0 Å². The number of amides is 1. The molecule has 1 aromatic rings. The van der Waals surface area contributed by atoms with E-state index in [1.54, 1.807) is 18.2 Å². The third kappa shape index (κ3) is 6.08. The van der Waals surface area contributed by atoms with Gasteiger partial charge in [-0.25, -0.2) is 4.79 Å². The van der Waals surface area contributed by atoms with Crippen LogP contribution >= 0.6 is 23.2 Å². The highest BCUT2D eigenvalue weighted by Crippen LogP contribution is 2.23. The summed E-state index contributed by atoms with van der Waals surface area (Å²) in [5.41, 5.74) is 0.715. The minimum absolute atomic E-state index is 0.287. The van der Waals surface area contributed by atoms with Crippen molar-refractivity contribution < 1.29 is 14.3 Å². The van der Waals surface area contributed by atoms with Crippen molar-refractivity contribution in [1.29, 1.82) is 0 Å². The van der Waals surface area contributed by atoms with Gasteiger partial charge in [-0.05, 0) is 30.2 Å². The first-order valence-electron chi connectivity index (χ1n) is 6.09. The zero-order chi connectivity index (χ0) is 15.0. The molecule has 1 aromatic carbocycles. The Balaban J connectivity index is 2.43. The van der Waals surface area contributed by atoms with Gasteiger partial charge in [0.15, 0.2) is 6.61 Å². The van der Waals surface area contributed by atoms with Gasteiger partial charge < -0.3 is 10.1 Å². The largest absolute Gasteiger partial charge is 0.452 e. The van der Waals surface area contributed by atoms with Crippen molar-refractivity contribution >= 4 is 41.2 Å². The molecule has 0 aliphatic heterocycles. The Morgan fingerprint density at radius 3 is 2.70 bits per heavy atom. The smallest absolute Gasteiger partial charge is 0.331 e. The van der Waals surface area contributed by atoms with E-state index in [1.807, 2.05) is 6.92 Å². The fourth-order valence-corrected chi connectivity index (χ4v) is 1.59. The van der Waals surface area contributed by atoms with E-state index in [9.17, 15) is 9.59 Å². The van der Waals surface area contributed by atoms with E-state index in [0.29, 0.717) is 22.2 Å². The van der Waals surface area contributed by atoms with Gasteiger partial charge in [-0.2, -0.15) is 0 Å². The van der Waals surface area contributed by atoms with Crippen LogP contribution in [0.2, 0.25) is 10.0 Å². The van der Waals surface area contributed by atoms with E-state index >= 15 is 0 Å². The molecule has 0 saturated heterocycles. The van der Waals surface area contributed by atoms with Crippen LogP contribution in [0.1, 0.15) is 18.9 Å². The Labute approximate surface area is 127 Å². The van der Waals surface area contributed by atoms with Crippen LogP contribution in [0.3, 0.4) is 0 Å². The summed E-state index contributed by atoms with van der Waals surface area (Å²) in [4.78, 5) is 22.6. The average molecular weight is 316 g/mol. The van der Waals surface area contributed by atoms with Crippen molar-refractivity contribution in [3.63, 3.8) is 0 Å². The van der Waals surface area contributed by atoms with Gasteiger partial charge >= 0.3 is 5.97 Å². The van der Waals surface area contributed by atoms with E-state index in [4.69, 9.17) is 27.9 Å². The van der Waals surface area contributed by atoms with Gasteiger partial charge in [0.2, 0.25) is 0 Å². The maximum atomic E-state index is 11.4. The molecule has 0 aliphatic carbocycles. The number of benzene rings is 1. The summed E-state index contributed by atoms with van der Waals surface area (Å²) in [6.45, 7) is 2.21. The monoisotopic (exact) mass is 315 g/mol. The quantitative estimate of drug-likeness (QED) is 0.648. The number of rotatable bonds is 6. The molecule has 1 rings (SSSR count). The lowest BCUT2D eigenvalue weighted by atomic mass is 10.2. The van der Waals surface area contributed by atoms with Crippen molar-refractivity contribution in [2.24, 2.45) is 0 Å². The first-order chi connectivity index (χ1) is 9.52. The Kier molecular flexibility index (Phi) is 7.12. The predicted molar refractivity (Wildman–Crippen MR) is 79.8 cm³/mol. The Morgan fingerprint density at radius 2 is 2.05 bits per heavy atom. The molecule has 0 aliphatic rings. The Hall–Kier alpha value is -1.52. The number of esters is 1. The van der Waals surface area contributed by atoms with Crippen LogP contribution in [0.25, 0.3) is 6.08 Å². The van der Waals surface area contributed by atoms with Crippen molar-refractivity contribution in [1.82, 2.24) is 5.32 Å². The van der Waals surface area contributed by atoms with Gasteiger partial charge in [-0.1, -0.05) is 36.2 Å². The van der Waals surface area contributed by atoms with Gasteiger partial charge in [-0.15, -0.1) is 0 Å². The SMILES string of the molecule is CCCNC(=O)COC(=O)C=Cc1ccc(Cl)c(Cl)c1. The maximum Gasteiger partial charge on any atom is 0.331 e. The topological polar surface area (TPSA) is 55.4 Å². The number of halogens is 2. The summed E-state index contributed by atoms with van der Waals surface area (Å²) < 4.78 is 4.78. The minimum Gasteiger partial charge on any atom is -0.452 e. The van der Waals surface area contributed by atoms with Gasteiger partial charge in [0.25, 0.3) is 5.91 Å². The zero-order valence-electron chi connectivity index (χ0n) is 11.0. The van der Waals surface area contributed by atoms with Gasteiger partial charge in [0.1, 0.15) is 0 Å². The standard InChI is InChI=1S/C14H15Cl2NO3/c1-2-7-17-13(18)9-20-14(19)6-4-10-3-5-11(15)12(16)8-10/h3-6,8H,2,7,9H2,1H3,(H,17,18). The lowest BCUT2D eigenvalue weighted by Gasteiger charge is -2.03. The molecule has 20 heavy (non-hydrogen) atoms. The molecule has 0 saturated carbocycles. The number of ether oxygens (including phenoxy) is 1. The lowest BCUT2D eigenvalue weighted by Crippen LogP contribution is -2.28. The molecule has 0 spiro atoms. The fourth-order valence-electron chi connectivity index (χ4n) is 1.28. The molecule has 0 unspecified atom stereocenters. The van der Waals surface area contributed by atoms with E-state index < -0.39 is 5.97 Å². The summed E-state index contributed by atoms with van der Waals surface area (Å²) in [6, 6.07) is 4.97. The molecule has 108 valence electrons. The lowest BCUT2D eigenvalue weighted by molar-refractivity contribution is -0.143. The molecule has 1 N–H and O–H groups in total. The highest BCUT2D eigenvalue weighted by atomic mass is 35.5. The van der Waals surface area contributed by atoms with Crippen LogP contribution in [-0.2, 0) is 14.3 Å². The molecule has 0 bridgehead atoms. The molecule has 0 fully saturated rings. The molecule has 0 aromatic heterocycles. The summed E-state index contributed by atoms with van der Waals surface area (Å²) in [5, 5.41) is 3.45. The molecule has 6 heteroatoms. The first kappa shape index (κ1) is 16.5. The first-order valence-corrected chi connectivity index (χ1v) is 6.85. The second-order valence-electron chi connectivity index (χ2n) is 3.96. The van der Waals surface area contributed by atoms with Crippen LogP contribution in [0.15, 0.2) is 24.3 Å². The summed E-state index contributed by atoms with van der Waals surface area (Å²) >= 11 is 11.6. The Bertz CT molecular complexity index is 515. The molecule has 4 nitrogen and oxygen atoms in total. The van der Waals surface area contributed by atoms with Gasteiger partial charge in [0, 0.05) is 12.6 Å². The van der Waals surface area contributed by atoms with Crippen molar-refractivity contribution in [2.75, 3.05) is 13.2 Å². The second-order valence-corrected chi connectivity index (χ2v) is 4.78. The number of carbonyl (C=O) groups is 2. The molecule has 0 radical (unpaired) electrons. The van der Waals surface area contributed by atoms with Crippen LogP contribution in [0.4, 0.5) is 0 Å². The second kappa shape index (κ2) is 8.61. The number of carbonyl (C=O) groups excluding carboxylic acids is 2. The summed E-state index contributed by atoms with van der Waals surface area (Å²) in [5.74, 6) is -0.911. The third-order valence-electron chi connectivity index (χ3n) is 2.27. The number of hydrogen-bond acceptors (Lipinski definition) is 3. The highest BCUT2D eigenvalue weighted by Gasteiger charge is 2.04. The highest BCUT2D eigenvalue weighted by molar-refractivity contribution is 6.42. The predicted octanol–water partition coefficient (Wildman–Crippen LogP) is 3.08. The minimum atomic E-state index is -0.595. The zero-order valence-corrected chi connectivity index (χ0v) is 12.5. The van der Waals surface area contributed by atoms with Crippen molar-refractivity contribution in [3.8, 4) is 0 Å². The number of nitrogens with one attached hydrogen (secondary N) is 1. The summed E-state index contributed by atoms with van der Waals surface area (Å²) in [7, 11) is 0. The molecule has 1 amide bonds. The average Bonchev–Trinajstić information content (AvgIpc) is 2.44. The van der Waals surface area contributed by atoms with E-state index in [0.717, 1.165) is 6.42 Å². The van der Waals surface area contributed by atoms with Crippen LogP contribution in [0, 0.1) is 0 Å². The van der Waals surface area contributed by atoms with E-state index in [1.165, 1.54) is 12.2 Å². The normalized spacial score (nSPS) is 10.6. The van der Waals surface area contributed by atoms with Crippen molar-refractivity contribution in [2.45, 2.75) is 13.3 Å². The molecule has 0 heterocycles. The number of hydrogen-bond donors (Lipinski definition) is 1. The van der Waals surface area contributed by atoms with Crippen LogP contribution < -0.4 is 5.32 Å². The third-order valence-corrected chi connectivity index (χ3v) is 3.01. The molecular weight excluding hydrogens is 301 g/mol. The Morgan fingerprint density at radius 1 is 1.30 bits per heavy atom. The van der Waals surface area contributed by atoms with Gasteiger partial charge in [0.05, 0.1) is 10.0 Å². The van der Waals surface area contributed by atoms with Crippen molar-refractivity contribution in [3.05, 3.63) is 39.9 Å². The van der Waals surface area contributed by atoms with Gasteiger partial charge in [-0.3, -0.25) is 4.79 Å².